The topological polar surface area (TPSA) is 124 Å². The Morgan fingerprint density at radius 3 is 2.76 bits per heavy atom. The summed E-state index contributed by atoms with van der Waals surface area (Å²) in [5.41, 5.74) is 4.39. The Bertz CT molecular complexity index is 1610. The van der Waals surface area contributed by atoms with Crippen molar-refractivity contribution in [2.45, 2.75) is 13.3 Å². The van der Waals surface area contributed by atoms with Crippen molar-refractivity contribution < 1.29 is 14.3 Å². The first kappa shape index (κ1) is 20.4. The van der Waals surface area contributed by atoms with Crippen molar-refractivity contribution in [1.82, 2.24) is 20.2 Å². The highest BCUT2D eigenvalue weighted by molar-refractivity contribution is 5.88. The van der Waals surface area contributed by atoms with Crippen LogP contribution in [0.2, 0.25) is 0 Å². The standard InChI is InChI=1S/C24H18FN5O3/c1-12-2-5-15-17(8-12)20(29-30-22(15)31)10-13-3-6-18(25)16(9-13)14-4-7-19-21(11-14)27-23(26-19)28-24(32)33/h2-9,11H,10H2,1H3,(H,30,31)(H,32,33)(H2,26,27,28). The molecule has 33 heavy (non-hydrogen) atoms. The number of fused-ring (bicyclic) bond motifs is 2. The minimum atomic E-state index is -1.23. The first-order chi connectivity index (χ1) is 15.9. The molecule has 0 saturated heterocycles. The predicted octanol–water partition coefficient (Wildman–Crippen LogP) is 4.59. The zero-order valence-corrected chi connectivity index (χ0v) is 17.4. The van der Waals surface area contributed by atoms with E-state index in [-0.39, 0.29) is 11.5 Å². The number of imidazole rings is 1. The summed E-state index contributed by atoms with van der Waals surface area (Å²) >= 11 is 0. The number of carbonyl (C=O) groups is 1. The van der Waals surface area contributed by atoms with Crippen molar-refractivity contribution in [3.63, 3.8) is 0 Å². The Kier molecular flexibility index (Phi) is 4.86. The number of hydrogen-bond acceptors (Lipinski definition) is 4. The molecular weight excluding hydrogens is 425 g/mol. The quantitative estimate of drug-likeness (QED) is 0.323. The van der Waals surface area contributed by atoms with Gasteiger partial charge in [0.2, 0.25) is 5.95 Å². The molecule has 0 saturated carbocycles. The van der Waals surface area contributed by atoms with Gasteiger partial charge >= 0.3 is 6.09 Å². The van der Waals surface area contributed by atoms with Gasteiger partial charge in [0.25, 0.3) is 5.56 Å². The maximum Gasteiger partial charge on any atom is 0.411 e. The number of halogens is 1. The van der Waals surface area contributed by atoms with Crippen LogP contribution in [0.3, 0.4) is 0 Å². The van der Waals surface area contributed by atoms with Gasteiger partial charge < -0.3 is 10.1 Å². The van der Waals surface area contributed by atoms with Crippen LogP contribution in [-0.4, -0.2) is 31.4 Å². The molecular formula is C24H18FN5O3. The number of aromatic amines is 2. The first-order valence-corrected chi connectivity index (χ1v) is 10.1. The molecule has 164 valence electrons. The average Bonchev–Trinajstić information content (AvgIpc) is 3.17. The monoisotopic (exact) mass is 443 g/mol. The van der Waals surface area contributed by atoms with Crippen LogP contribution >= 0.6 is 0 Å². The van der Waals surface area contributed by atoms with Crippen molar-refractivity contribution in [3.05, 3.63) is 87.6 Å². The first-order valence-electron chi connectivity index (χ1n) is 10.1. The molecule has 0 unspecified atom stereocenters. The highest BCUT2D eigenvalue weighted by Gasteiger charge is 2.13. The van der Waals surface area contributed by atoms with Crippen LogP contribution in [0.4, 0.5) is 15.1 Å². The van der Waals surface area contributed by atoms with Crippen molar-refractivity contribution >= 4 is 33.8 Å². The molecule has 0 bridgehead atoms. The maximum atomic E-state index is 14.7. The number of aryl methyl sites for hydroxylation is 1. The minimum Gasteiger partial charge on any atom is -0.465 e. The molecule has 8 nitrogen and oxygen atoms in total. The molecule has 4 N–H and O–H groups in total. The fraction of sp³-hybridized carbons (Fsp3) is 0.0833. The van der Waals surface area contributed by atoms with Crippen LogP contribution in [0.5, 0.6) is 0 Å². The Labute approximate surface area is 186 Å². The second-order valence-corrected chi connectivity index (χ2v) is 7.79. The van der Waals surface area contributed by atoms with E-state index in [9.17, 15) is 14.0 Å². The molecule has 0 atom stereocenters. The van der Waals surface area contributed by atoms with Gasteiger partial charge in [-0.05, 0) is 54.4 Å². The number of amides is 1. The van der Waals surface area contributed by atoms with Gasteiger partial charge in [-0.15, -0.1) is 0 Å². The highest BCUT2D eigenvalue weighted by atomic mass is 19.1. The van der Waals surface area contributed by atoms with Crippen molar-refractivity contribution in [2.75, 3.05) is 5.32 Å². The number of nitrogens with one attached hydrogen (secondary N) is 3. The van der Waals surface area contributed by atoms with Gasteiger partial charge in [0.15, 0.2) is 0 Å². The zero-order chi connectivity index (χ0) is 23.1. The molecule has 0 radical (unpaired) electrons. The molecule has 2 aromatic heterocycles. The smallest absolute Gasteiger partial charge is 0.411 e. The SMILES string of the molecule is Cc1ccc2c(=O)[nH]nc(Cc3ccc(F)c(-c4ccc5[nH]c(NC(=O)O)nc5c4)c3)c2c1. The summed E-state index contributed by atoms with van der Waals surface area (Å²) in [7, 11) is 0. The van der Waals surface area contributed by atoms with Crippen LogP contribution in [0.15, 0.2) is 59.4 Å². The van der Waals surface area contributed by atoms with Crippen LogP contribution < -0.4 is 10.9 Å². The highest BCUT2D eigenvalue weighted by Crippen LogP contribution is 2.28. The molecule has 2 heterocycles. The Hall–Kier alpha value is -4.53. The van der Waals surface area contributed by atoms with E-state index in [0.717, 1.165) is 16.5 Å². The number of aromatic nitrogens is 4. The number of nitrogens with zero attached hydrogens (tertiary/aromatic N) is 2. The van der Waals surface area contributed by atoms with E-state index >= 15 is 0 Å². The number of rotatable bonds is 4. The van der Waals surface area contributed by atoms with E-state index in [4.69, 9.17) is 5.11 Å². The molecule has 0 aliphatic rings. The molecule has 3 aromatic carbocycles. The van der Waals surface area contributed by atoms with Gasteiger partial charge in [0, 0.05) is 17.4 Å². The maximum absolute atomic E-state index is 14.7. The van der Waals surface area contributed by atoms with Gasteiger partial charge in [-0.2, -0.15) is 5.10 Å². The largest absolute Gasteiger partial charge is 0.465 e. The Morgan fingerprint density at radius 1 is 1.09 bits per heavy atom. The van der Waals surface area contributed by atoms with Crippen LogP contribution in [0.1, 0.15) is 16.8 Å². The lowest BCUT2D eigenvalue weighted by molar-refractivity contribution is 0.209. The van der Waals surface area contributed by atoms with Crippen molar-refractivity contribution in [3.8, 4) is 11.1 Å². The van der Waals surface area contributed by atoms with E-state index in [1.54, 1.807) is 36.4 Å². The van der Waals surface area contributed by atoms with Gasteiger partial charge in [0.1, 0.15) is 5.82 Å². The van der Waals surface area contributed by atoms with Gasteiger partial charge in [-0.1, -0.05) is 23.8 Å². The van der Waals surface area contributed by atoms with Gasteiger partial charge in [-0.25, -0.2) is 19.3 Å². The summed E-state index contributed by atoms with van der Waals surface area (Å²) in [5.74, 6) is -0.303. The molecule has 0 fully saturated rings. The Balaban J connectivity index is 1.53. The molecule has 0 aliphatic heterocycles. The fourth-order valence-corrected chi connectivity index (χ4v) is 3.90. The van der Waals surface area contributed by atoms with E-state index < -0.39 is 11.9 Å². The second-order valence-electron chi connectivity index (χ2n) is 7.79. The molecule has 1 amide bonds. The summed E-state index contributed by atoms with van der Waals surface area (Å²) in [6.07, 6.45) is -0.826. The predicted molar refractivity (Wildman–Crippen MR) is 123 cm³/mol. The summed E-state index contributed by atoms with van der Waals surface area (Å²) in [4.78, 5) is 30.0. The van der Waals surface area contributed by atoms with Crippen LogP contribution in [0.25, 0.3) is 32.9 Å². The number of carboxylic acid groups (broad SMARTS) is 1. The summed E-state index contributed by atoms with van der Waals surface area (Å²) in [6, 6.07) is 15.6. The summed E-state index contributed by atoms with van der Waals surface area (Å²) in [6.45, 7) is 1.95. The third-order valence-corrected chi connectivity index (χ3v) is 5.44. The van der Waals surface area contributed by atoms with Gasteiger partial charge in [0.05, 0.1) is 22.1 Å². The third kappa shape index (κ3) is 3.91. The lowest BCUT2D eigenvalue weighted by Gasteiger charge is -2.09. The number of anilines is 1. The molecule has 0 aliphatic carbocycles. The van der Waals surface area contributed by atoms with E-state index in [1.165, 1.54) is 6.07 Å². The summed E-state index contributed by atoms with van der Waals surface area (Å²) in [5, 5.41) is 19.1. The fourth-order valence-electron chi connectivity index (χ4n) is 3.90. The molecule has 0 spiro atoms. The second kappa shape index (κ2) is 7.86. The van der Waals surface area contributed by atoms with Crippen molar-refractivity contribution in [1.29, 1.82) is 0 Å². The van der Waals surface area contributed by atoms with E-state index in [2.05, 4.69) is 25.5 Å². The average molecular weight is 443 g/mol. The lowest BCUT2D eigenvalue weighted by Crippen LogP contribution is -2.11. The lowest BCUT2D eigenvalue weighted by atomic mass is 9.98. The number of hydrogen-bond donors (Lipinski definition) is 4. The zero-order valence-electron chi connectivity index (χ0n) is 17.4. The number of H-pyrrole nitrogens is 2. The molecule has 5 aromatic rings. The van der Waals surface area contributed by atoms with E-state index in [1.807, 2.05) is 19.1 Å². The third-order valence-electron chi connectivity index (χ3n) is 5.44. The number of benzene rings is 3. The normalized spacial score (nSPS) is 11.2. The minimum absolute atomic E-state index is 0.0928. The van der Waals surface area contributed by atoms with Crippen LogP contribution in [0, 0.1) is 12.7 Å². The van der Waals surface area contributed by atoms with E-state index in [0.29, 0.717) is 39.7 Å². The molecule has 5 rings (SSSR count). The molecule has 9 heteroatoms. The van der Waals surface area contributed by atoms with Gasteiger partial charge in [-0.3, -0.25) is 10.1 Å². The summed E-state index contributed by atoms with van der Waals surface area (Å²) < 4.78 is 14.7. The van der Waals surface area contributed by atoms with Crippen molar-refractivity contribution in [2.24, 2.45) is 0 Å². The van der Waals surface area contributed by atoms with Crippen LogP contribution in [-0.2, 0) is 6.42 Å². The Morgan fingerprint density at radius 2 is 1.94 bits per heavy atom.